The molecule has 3 heterocycles. The largest absolute Gasteiger partial charge is 0.378 e. The van der Waals surface area contributed by atoms with E-state index in [-0.39, 0.29) is 35.5 Å². The van der Waals surface area contributed by atoms with Crippen LogP contribution in [-0.4, -0.2) is 123 Å². The second-order valence-corrected chi connectivity index (χ2v) is 11.2. The number of piperazine rings is 1. The van der Waals surface area contributed by atoms with E-state index >= 15 is 0 Å². The van der Waals surface area contributed by atoms with Gasteiger partial charge in [-0.3, -0.25) is 9.69 Å². The van der Waals surface area contributed by atoms with Gasteiger partial charge in [0.15, 0.2) is 9.84 Å². The summed E-state index contributed by atoms with van der Waals surface area (Å²) < 4.78 is 29.3. The number of rotatable bonds is 4. The molecule has 0 radical (unpaired) electrons. The van der Waals surface area contributed by atoms with Crippen LogP contribution in [0.25, 0.3) is 0 Å². The number of amides is 3. The lowest BCUT2D eigenvalue weighted by molar-refractivity contribution is -0.137. The fourth-order valence-electron chi connectivity index (χ4n) is 5.21. The molecule has 0 bridgehead atoms. The topological polar surface area (TPSA) is 90.5 Å². The van der Waals surface area contributed by atoms with Gasteiger partial charge >= 0.3 is 6.03 Å². The third kappa shape index (κ3) is 5.08. The standard InChI is InChI=1S/C20H34N4O5S/c25-19(24(17-3-1-2-4-17)18-5-14-30(27,28)16-18)15-21-6-8-22(9-7-21)20(26)23-10-12-29-13-11-23/h17-18H,1-16H2. The molecule has 0 N–H and O–H groups in total. The highest BCUT2D eigenvalue weighted by atomic mass is 32.2. The quantitative estimate of drug-likeness (QED) is 0.610. The molecular formula is C20H34N4O5S. The molecule has 10 heteroatoms. The van der Waals surface area contributed by atoms with Gasteiger partial charge in [-0.05, 0) is 19.3 Å². The van der Waals surface area contributed by atoms with Gasteiger partial charge < -0.3 is 19.4 Å². The molecule has 0 spiro atoms. The van der Waals surface area contributed by atoms with Crippen molar-refractivity contribution in [3.63, 3.8) is 0 Å². The second-order valence-electron chi connectivity index (χ2n) is 8.94. The van der Waals surface area contributed by atoms with Gasteiger partial charge in [-0.15, -0.1) is 0 Å². The minimum absolute atomic E-state index is 0.0527. The van der Waals surface area contributed by atoms with E-state index in [0.29, 0.717) is 65.4 Å². The normalized spacial score (nSPS) is 28.1. The Morgan fingerprint density at radius 1 is 0.867 bits per heavy atom. The fraction of sp³-hybridized carbons (Fsp3) is 0.900. The molecule has 3 amide bonds. The van der Waals surface area contributed by atoms with Crippen LogP contribution in [0.1, 0.15) is 32.1 Å². The third-order valence-corrected chi connectivity index (χ3v) is 8.64. The first-order valence-corrected chi connectivity index (χ1v) is 13.1. The van der Waals surface area contributed by atoms with E-state index in [9.17, 15) is 18.0 Å². The van der Waals surface area contributed by atoms with Crippen LogP contribution in [0.5, 0.6) is 0 Å². The highest BCUT2D eigenvalue weighted by Crippen LogP contribution is 2.29. The van der Waals surface area contributed by atoms with Crippen LogP contribution in [0.4, 0.5) is 4.79 Å². The van der Waals surface area contributed by atoms with Crippen molar-refractivity contribution < 1.29 is 22.7 Å². The summed E-state index contributed by atoms with van der Waals surface area (Å²) in [6.07, 6.45) is 4.73. The van der Waals surface area contributed by atoms with Gasteiger partial charge in [-0.1, -0.05) is 12.8 Å². The molecule has 1 atom stereocenters. The molecule has 4 aliphatic rings. The molecule has 0 aromatic carbocycles. The van der Waals surface area contributed by atoms with E-state index in [1.807, 2.05) is 14.7 Å². The Balaban J connectivity index is 1.31. The van der Waals surface area contributed by atoms with Gasteiger partial charge in [0.1, 0.15) is 0 Å². The monoisotopic (exact) mass is 442 g/mol. The van der Waals surface area contributed by atoms with Crippen LogP contribution in [0, 0.1) is 0 Å². The smallest absolute Gasteiger partial charge is 0.320 e. The Morgan fingerprint density at radius 2 is 1.50 bits per heavy atom. The third-order valence-electron chi connectivity index (χ3n) is 6.89. The maximum Gasteiger partial charge on any atom is 0.320 e. The number of carbonyl (C=O) groups excluding carboxylic acids is 2. The highest BCUT2D eigenvalue weighted by Gasteiger charge is 2.39. The molecule has 4 rings (SSSR count). The van der Waals surface area contributed by atoms with Gasteiger partial charge in [0, 0.05) is 51.4 Å². The summed E-state index contributed by atoms with van der Waals surface area (Å²) in [7, 11) is -3.03. The number of urea groups is 1. The van der Waals surface area contributed by atoms with Gasteiger partial charge in [0.25, 0.3) is 0 Å². The van der Waals surface area contributed by atoms with E-state index in [2.05, 4.69) is 4.90 Å². The van der Waals surface area contributed by atoms with Crippen LogP contribution in [-0.2, 0) is 19.4 Å². The average molecular weight is 443 g/mol. The molecule has 1 saturated carbocycles. The van der Waals surface area contributed by atoms with Crippen LogP contribution >= 0.6 is 0 Å². The minimum Gasteiger partial charge on any atom is -0.378 e. The summed E-state index contributed by atoms with van der Waals surface area (Å²) in [6.45, 7) is 5.34. The lowest BCUT2D eigenvalue weighted by Crippen LogP contribution is -2.57. The van der Waals surface area contributed by atoms with Crippen molar-refractivity contribution in [3.05, 3.63) is 0 Å². The van der Waals surface area contributed by atoms with Crippen LogP contribution < -0.4 is 0 Å². The van der Waals surface area contributed by atoms with E-state index in [1.165, 1.54) is 0 Å². The van der Waals surface area contributed by atoms with Gasteiger partial charge in [-0.25, -0.2) is 13.2 Å². The molecular weight excluding hydrogens is 408 g/mol. The lowest BCUT2D eigenvalue weighted by atomic mass is 10.1. The number of sulfone groups is 1. The van der Waals surface area contributed by atoms with E-state index in [0.717, 1.165) is 25.7 Å². The molecule has 0 aromatic heterocycles. The second kappa shape index (κ2) is 9.40. The zero-order valence-corrected chi connectivity index (χ0v) is 18.5. The summed E-state index contributed by atoms with van der Waals surface area (Å²) in [6, 6.07) is 0.0720. The Bertz CT molecular complexity index is 725. The van der Waals surface area contributed by atoms with Crippen LogP contribution in [0.2, 0.25) is 0 Å². The number of hydrogen-bond acceptors (Lipinski definition) is 6. The fourth-order valence-corrected chi connectivity index (χ4v) is 6.92. The predicted octanol–water partition coefficient (Wildman–Crippen LogP) is 0.0145. The molecule has 170 valence electrons. The Morgan fingerprint density at radius 3 is 2.10 bits per heavy atom. The van der Waals surface area contributed by atoms with Gasteiger partial charge in [0.05, 0.1) is 31.3 Å². The molecule has 3 saturated heterocycles. The van der Waals surface area contributed by atoms with E-state index < -0.39 is 9.84 Å². The summed E-state index contributed by atoms with van der Waals surface area (Å²) in [4.78, 5) is 33.6. The first-order valence-electron chi connectivity index (χ1n) is 11.3. The first kappa shape index (κ1) is 21.8. The van der Waals surface area contributed by atoms with Crippen molar-refractivity contribution in [2.24, 2.45) is 0 Å². The molecule has 9 nitrogen and oxygen atoms in total. The zero-order valence-electron chi connectivity index (χ0n) is 17.7. The first-order chi connectivity index (χ1) is 14.4. The maximum absolute atomic E-state index is 13.2. The molecule has 3 aliphatic heterocycles. The van der Waals surface area contributed by atoms with Gasteiger partial charge in [0.2, 0.25) is 5.91 Å². The Hall–Kier alpha value is -1.39. The SMILES string of the molecule is O=C(N1CCOCC1)N1CCN(CC(=O)N(C2CCCC2)C2CCS(=O)(=O)C2)CC1. The number of morpholine rings is 1. The molecule has 1 unspecified atom stereocenters. The van der Waals surface area contributed by atoms with Crippen molar-refractivity contribution in [3.8, 4) is 0 Å². The van der Waals surface area contributed by atoms with Crippen molar-refractivity contribution in [1.29, 1.82) is 0 Å². The van der Waals surface area contributed by atoms with Crippen molar-refractivity contribution in [2.45, 2.75) is 44.2 Å². The van der Waals surface area contributed by atoms with Crippen molar-refractivity contribution >= 4 is 21.8 Å². The summed E-state index contributed by atoms with van der Waals surface area (Å²) in [5.41, 5.74) is 0. The highest BCUT2D eigenvalue weighted by molar-refractivity contribution is 7.91. The number of ether oxygens (including phenoxy) is 1. The number of hydrogen-bond donors (Lipinski definition) is 0. The van der Waals surface area contributed by atoms with Crippen molar-refractivity contribution in [2.75, 3.05) is 70.5 Å². The van der Waals surface area contributed by atoms with Crippen LogP contribution in [0.15, 0.2) is 0 Å². The number of nitrogens with zero attached hydrogens (tertiary/aromatic N) is 4. The summed E-state index contributed by atoms with van der Waals surface area (Å²) >= 11 is 0. The zero-order chi connectivity index (χ0) is 21.1. The van der Waals surface area contributed by atoms with Gasteiger partial charge in [-0.2, -0.15) is 0 Å². The van der Waals surface area contributed by atoms with Crippen molar-refractivity contribution in [1.82, 2.24) is 19.6 Å². The molecule has 30 heavy (non-hydrogen) atoms. The lowest BCUT2D eigenvalue weighted by Gasteiger charge is -2.40. The summed E-state index contributed by atoms with van der Waals surface area (Å²) in [5.74, 6) is 0.352. The Labute approximate surface area is 179 Å². The Kier molecular flexibility index (Phi) is 6.84. The molecule has 1 aliphatic carbocycles. The maximum atomic E-state index is 13.2. The molecule has 4 fully saturated rings. The van der Waals surface area contributed by atoms with E-state index in [4.69, 9.17) is 4.74 Å². The van der Waals surface area contributed by atoms with E-state index in [1.54, 1.807) is 0 Å². The van der Waals surface area contributed by atoms with Crippen LogP contribution in [0.3, 0.4) is 0 Å². The summed E-state index contributed by atoms with van der Waals surface area (Å²) in [5, 5.41) is 0. The predicted molar refractivity (Wildman–Crippen MR) is 112 cm³/mol. The average Bonchev–Trinajstić information content (AvgIpc) is 3.39. The number of carbonyl (C=O) groups is 2. The molecule has 0 aromatic rings. The minimum atomic E-state index is -3.03.